The van der Waals surface area contributed by atoms with Crippen LogP contribution in [-0.2, 0) is 0 Å². The molecule has 0 fully saturated rings. The molecule has 132 valence electrons. The van der Waals surface area contributed by atoms with Crippen molar-refractivity contribution in [1.82, 2.24) is 0 Å². The third-order valence-electron chi connectivity index (χ3n) is 3.86. The molecule has 1 rings (SSSR count). The first kappa shape index (κ1) is 24.0. The molecule has 1 aromatic carbocycles. The second-order valence-corrected chi connectivity index (χ2v) is 6.30. The molecule has 0 N–H and O–H groups in total. The maximum Gasteiger partial charge on any atom is -0.0216 e. The molecular formula is C23H40. The maximum atomic E-state index is 3.86. The van der Waals surface area contributed by atoms with Crippen LogP contribution in [-0.4, -0.2) is 0 Å². The largest absolute Gasteiger partial charge is 0.103 e. The Morgan fingerprint density at radius 1 is 1.04 bits per heavy atom. The number of hydrogen-bond donors (Lipinski definition) is 0. The van der Waals surface area contributed by atoms with Gasteiger partial charge >= 0.3 is 0 Å². The van der Waals surface area contributed by atoms with Gasteiger partial charge in [0.2, 0.25) is 0 Å². The molecule has 0 amide bonds. The third-order valence-corrected chi connectivity index (χ3v) is 3.86. The number of hydrogen-bond acceptors (Lipinski definition) is 0. The first-order chi connectivity index (χ1) is 10.8. The molecule has 0 spiro atoms. The van der Waals surface area contributed by atoms with Crippen molar-refractivity contribution in [1.29, 1.82) is 0 Å². The average Bonchev–Trinajstić information content (AvgIpc) is 2.54. The summed E-state index contributed by atoms with van der Waals surface area (Å²) >= 11 is 0. The summed E-state index contributed by atoms with van der Waals surface area (Å²) in [6.45, 7) is 24.9. The monoisotopic (exact) mass is 316 g/mol. The topological polar surface area (TPSA) is 0 Å². The standard InChI is InChI=1S/C13H20.C8H14.C2H6/c1-9(2)12-7-6-8-13(10(3)4)11(12)5;1-4-6-7-8(3)5-2;1-2/h6-10H,1-5H3;4H,1,3,5-7H2,2H3;1-2H3. The molecule has 0 bridgehead atoms. The molecule has 0 aliphatic carbocycles. The van der Waals surface area contributed by atoms with Crippen molar-refractivity contribution < 1.29 is 0 Å². The van der Waals surface area contributed by atoms with E-state index in [4.69, 9.17) is 0 Å². The molecule has 0 nitrogen and oxygen atoms in total. The van der Waals surface area contributed by atoms with E-state index in [9.17, 15) is 0 Å². The molecule has 0 atom stereocenters. The molecule has 0 saturated heterocycles. The molecule has 1 aromatic rings. The van der Waals surface area contributed by atoms with Gasteiger partial charge in [0.1, 0.15) is 0 Å². The van der Waals surface area contributed by atoms with Gasteiger partial charge in [-0.05, 0) is 54.7 Å². The van der Waals surface area contributed by atoms with Crippen LogP contribution in [0.15, 0.2) is 43.0 Å². The fraction of sp³-hybridized carbons (Fsp3) is 0.565. The summed E-state index contributed by atoms with van der Waals surface area (Å²) in [5, 5.41) is 0. The van der Waals surface area contributed by atoms with Gasteiger partial charge in [0.25, 0.3) is 0 Å². The van der Waals surface area contributed by atoms with E-state index in [1.54, 1.807) is 0 Å². The van der Waals surface area contributed by atoms with Crippen molar-refractivity contribution in [3.63, 3.8) is 0 Å². The molecular weight excluding hydrogens is 276 g/mol. The van der Waals surface area contributed by atoms with E-state index >= 15 is 0 Å². The molecule has 23 heavy (non-hydrogen) atoms. The van der Waals surface area contributed by atoms with Crippen molar-refractivity contribution >= 4 is 0 Å². The minimum Gasteiger partial charge on any atom is -0.103 e. The Balaban J connectivity index is 0. The van der Waals surface area contributed by atoms with Gasteiger partial charge < -0.3 is 0 Å². The van der Waals surface area contributed by atoms with Crippen LogP contribution in [0.3, 0.4) is 0 Å². The zero-order valence-corrected chi connectivity index (χ0v) is 17.0. The van der Waals surface area contributed by atoms with Crippen LogP contribution in [0, 0.1) is 6.92 Å². The molecule has 0 radical (unpaired) electrons. The number of rotatable bonds is 6. The quantitative estimate of drug-likeness (QED) is 0.464. The summed E-state index contributed by atoms with van der Waals surface area (Å²) in [5.41, 5.74) is 5.79. The van der Waals surface area contributed by atoms with Gasteiger partial charge in [0.05, 0.1) is 0 Å². The normalized spacial score (nSPS) is 9.65. The van der Waals surface area contributed by atoms with E-state index < -0.39 is 0 Å². The first-order valence-electron chi connectivity index (χ1n) is 9.22. The van der Waals surface area contributed by atoms with Crippen LogP contribution < -0.4 is 0 Å². The zero-order valence-electron chi connectivity index (χ0n) is 17.0. The summed E-state index contributed by atoms with van der Waals surface area (Å²) in [6.07, 6.45) is 5.22. The van der Waals surface area contributed by atoms with Crippen molar-refractivity contribution in [3.8, 4) is 0 Å². The van der Waals surface area contributed by atoms with E-state index in [0.717, 1.165) is 19.3 Å². The van der Waals surface area contributed by atoms with E-state index in [1.165, 1.54) is 22.3 Å². The Hall–Kier alpha value is -1.30. The van der Waals surface area contributed by atoms with Crippen LogP contribution in [0.25, 0.3) is 0 Å². The molecule has 0 heteroatoms. The average molecular weight is 317 g/mol. The fourth-order valence-electron chi connectivity index (χ4n) is 2.41. The van der Waals surface area contributed by atoms with Crippen molar-refractivity contribution in [2.45, 2.75) is 86.5 Å². The number of allylic oxidation sites excluding steroid dienone is 2. The van der Waals surface area contributed by atoms with E-state index in [-0.39, 0.29) is 0 Å². The molecule has 0 aliphatic heterocycles. The molecule has 0 aliphatic rings. The first-order valence-corrected chi connectivity index (χ1v) is 9.22. The molecule has 0 aromatic heterocycles. The Kier molecular flexibility index (Phi) is 14.9. The highest BCUT2D eigenvalue weighted by molar-refractivity contribution is 5.37. The zero-order chi connectivity index (χ0) is 18.4. The Morgan fingerprint density at radius 2 is 1.48 bits per heavy atom. The van der Waals surface area contributed by atoms with Crippen LogP contribution in [0.5, 0.6) is 0 Å². The third kappa shape index (κ3) is 10.2. The Bertz CT molecular complexity index is 409. The van der Waals surface area contributed by atoms with Gasteiger partial charge in [0, 0.05) is 0 Å². The number of benzene rings is 1. The van der Waals surface area contributed by atoms with Gasteiger partial charge in [-0.3, -0.25) is 0 Å². The minimum atomic E-state index is 0.638. The lowest BCUT2D eigenvalue weighted by atomic mass is 9.90. The summed E-state index contributed by atoms with van der Waals surface area (Å²) in [6, 6.07) is 6.66. The highest BCUT2D eigenvalue weighted by Crippen LogP contribution is 2.26. The van der Waals surface area contributed by atoms with E-state index in [2.05, 4.69) is 72.9 Å². The van der Waals surface area contributed by atoms with E-state index in [1.807, 2.05) is 19.9 Å². The SMILES string of the molecule is C=CCCC(=C)CC.CC.Cc1c(C(C)C)cccc1C(C)C. The van der Waals surface area contributed by atoms with Crippen LogP contribution in [0.4, 0.5) is 0 Å². The highest BCUT2D eigenvalue weighted by Gasteiger charge is 2.08. The van der Waals surface area contributed by atoms with Crippen LogP contribution >= 0.6 is 0 Å². The van der Waals surface area contributed by atoms with Crippen molar-refractivity contribution in [2.24, 2.45) is 0 Å². The lowest BCUT2D eigenvalue weighted by molar-refractivity contribution is 0.817. The van der Waals surface area contributed by atoms with Crippen molar-refractivity contribution in [3.05, 3.63) is 59.7 Å². The Labute approximate surface area is 146 Å². The molecule has 0 saturated carbocycles. The van der Waals surface area contributed by atoms with Crippen molar-refractivity contribution in [2.75, 3.05) is 0 Å². The van der Waals surface area contributed by atoms with Gasteiger partial charge in [-0.15, -0.1) is 6.58 Å². The predicted molar refractivity (Wildman–Crippen MR) is 110 cm³/mol. The summed E-state index contributed by atoms with van der Waals surface area (Å²) < 4.78 is 0. The van der Waals surface area contributed by atoms with Gasteiger partial charge in [-0.25, -0.2) is 0 Å². The highest BCUT2D eigenvalue weighted by atomic mass is 14.1. The fourth-order valence-corrected chi connectivity index (χ4v) is 2.41. The van der Waals surface area contributed by atoms with Gasteiger partial charge in [-0.1, -0.05) is 84.9 Å². The molecule has 0 heterocycles. The summed E-state index contributed by atoms with van der Waals surface area (Å²) in [4.78, 5) is 0. The predicted octanol–water partition coefficient (Wildman–Crippen LogP) is 8.19. The molecule has 0 unspecified atom stereocenters. The lowest BCUT2D eigenvalue weighted by Crippen LogP contribution is -1.98. The minimum absolute atomic E-state index is 0.638. The van der Waals surface area contributed by atoms with Gasteiger partial charge in [0.15, 0.2) is 0 Å². The lowest BCUT2D eigenvalue weighted by Gasteiger charge is -2.16. The van der Waals surface area contributed by atoms with Crippen LogP contribution in [0.2, 0.25) is 0 Å². The Morgan fingerprint density at radius 3 is 1.78 bits per heavy atom. The summed E-state index contributed by atoms with van der Waals surface area (Å²) in [7, 11) is 0. The summed E-state index contributed by atoms with van der Waals surface area (Å²) in [5.74, 6) is 1.28. The van der Waals surface area contributed by atoms with Crippen LogP contribution in [0.1, 0.15) is 96.3 Å². The maximum absolute atomic E-state index is 3.86. The van der Waals surface area contributed by atoms with Gasteiger partial charge in [-0.2, -0.15) is 0 Å². The smallest absolute Gasteiger partial charge is 0.0216 e. The second-order valence-electron chi connectivity index (χ2n) is 6.30. The van der Waals surface area contributed by atoms with E-state index in [0.29, 0.717) is 11.8 Å². The second kappa shape index (κ2) is 14.3.